The lowest BCUT2D eigenvalue weighted by Crippen LogP contribution is -2.62. The number of fused-ring (bicyclic) bond motifs is 4. The minimum atomic E-state index is -0.352. The molecule has 162 valence electrons. The van der Waals surface area contributed by atoms with Gasteiger partial charge in [-0.2, -0.15) is 0 Å². The van der Waals surface area contributed by atoms with E-state index >= 15 is 0 Å². The summed E-state index contributed by atoms with van der Waals surface area (Å²) in [6, 6.07) is 0. The number of hydrogen-bond acceptors (Lipinski definition) is 5. The molecule has 0 aromatic heterocycles. The Hall–Kier alpha value is -1.49. The molecule has 30 heavy (non-hydrogen) atoms. The second kappa shape index (κ2) is 5.65. The van der Waals surface area contributed by atoms with E-state index in [4.69, 9.17) is 9.47 Å². The van der Waals surface area contributed by atoms with Crippen LogP contribution in [0.15, 0.2) is 11.6 Å². The molecule has 0 N–H and O–H groups in total. The molecule has 1 heterocycles. The Bertz CT molecular complexity index is 905. The maximum absolute atomic E-state index is 13.1. The zero-order chi connectivity index (χ0) is 21.1. The van der Waals surface area contributed by atoms with E-state index in [0.717, 1.165) is 37.7 Å². The average Bonchev–Trinajstić information content (AvgIpc) is 3.20. The Morgan fingerprint density at radius 1 is 1.17 bits per heavy atom. The number of Topliss-reactive ketones (excluding diaryl/α,β-unsaturated/α-hetero) is 1. The van der Waals surface area contributed by atoms with Crippen molar-refractivity contribution in [2.24, 2.45) is 34.0 Å². The van der Waals surface area contributed by atoms with Gasteiger partial charge in [-0.25, -0.2) is 0 Å². The molecule has 6 aliphatic rings. The van der Waals surface area contributed by atoms with Crippen molar-refractivity contribution in [2.75, 3.05) is 7.11 Å². The third kappa shape index (κ3) is 1.97. The van der Waals surface area contributed by atoms with Gasteiger partial charge >= 0.3 is 5.97 Å². The number of epoxide rings is 1. The van der Waals surface area contributed by atoms with Crippen LogP contribution in [0.4, 0.5) is 0 Å². The minimum absolute atomic E-state index is 0.0306. The first-order valence-electron chi connectivity index (χ1n) is 11.7. The second-order valence-corrected chi connectivity index (χ2v) is 11.5. The molecule has 5 nitrogen and oxygen atoms in total. The quantitative estimate of drug-likeness (QED) is 0.484. The van der Waals surface area contributed by atoms with Crippen LogP contribution in [0.3, 0.4) is 0 Å². The molecular formula is C25H32O5. The van der Waals surface area contributed by atoms with Gasteiger partial charge in [-0.3, -0.25) is 14.4 Å². The molecule has 5 heteroatoms. The first-order chi connectivity index (χ1) is 14.2. The summed E-state index contributed by atoms with van der Waals surface area (Å²) in [5.74, 6) is 0.621. The predicted octanol–water partition coefficient (Wildman–Crippen LogP) is 3.79. The summed E-state index contributed by atoms with van der Waals surface area (Å²) in [7, 11) is 1.47. The standard InChI is InChI=1S/C25H32O5/c1-22-7-4-15(26)10-14(22)11-17(21(28)29-3)20-18-6-9-24(8-5-16(27)12-24)23(18,2)13-19-25(20,22)30-19/h10,17-20H,4-9,11-13H2,1-3H3/t17-,18?,19-,20?,22?,23?,24-,25-/m1/s1. The maximum Gasteiger partial charge on any atom is 0.309 e. The summed E-state index contributed by atoms with van der Waals surface area (Å²) in [4.78, 5) is 37.6. The molecule has 4 saturated carbocycles. The number of hydrogen-bond donors (Lipinski definition) is 0. The molecule has 6 rings (SSSR count). The van der Waals surface area contributed by atoms with Crippen LogP contribution in [0.5, 0.6) is 0 Å². The van der Waals surface area contributed by atoms with Crippen LogP contribution in [0.2, 0.25) is 0 Å². The summed E-state index contributed by atoms with van der Waals surface area (Å²) in [5, 5.41) is 0. The zero-order valence-electron chi connectivity index (χ0n) is 18.3. The van der Waals surface area contributed by atoms with Crippen molar-refractivity contribution in [1.29, 1.82) is 0 Å². The molecule has 5 fully saturated rings. The fourth-order valence-corrected chi connectivity index (χ4v) is 9.25. The Morgan fingerprint density at radius 3 is 2.67 bits per heavy atom. The third-order valence-electron chi connectivity index (χ3n) is 10.8. The molecule has 2 spiro atoms. The Morgan fingerprint density at radius 2 is 1.97 bits per heavy atom. The first kappa shape index (κ1) is 19.2. The van der Waals surface area contributed by atoms with Crippen molar-refractivity contribution in [3.63, 3.8) is 0 Å². The zero-order valence-corrected chi connectivity index (χ0v) is 18.3. The van der Waals surface area contributed by atoms with E-state index < -0.39 is 0 Å². The fourth-order valence-electron chi connectivity index (χ4n) is 9.25. The number of ketones is 2. The lowest BCUT2D eigenvalue weighted by Gasteiger charge is -2.59. The number of carbonyl (C=O) groups is 3. The molecule has 0 bridgehead atoms. The molecule has 4 unspecified atom stereocenters. The van der Waals surface area contributed by atoms with Gasteiger partial charge < -0.3 is 9.47 Å². The normalized spacial score (nSPS) is 53.5. The van der Waals surface area contributed by atoms with Crippen LogP contribution in [0.25, 0.3) is 0 Å². The maximum atomic E-state index is 13.1. The first-order valence-corrected chi connectivity index (χ1v) is 11.7. The van der Waals surface area contributed by atoms with E-state index in [9.17, 15) is 14.4 Å². The molecular weight excluding hydrogens is 380 g/mol. The summed E-state index contributed by atoms with van der Waals surface area (Å²) in [6.07, 6.45) is 9.43. The number of methoxy groups -OCH3 is 1. The van der Waals surface area contributed by atoms with Gasteiger partial charge in [0.25, 0.3) is 0 Å². The van der Waals surface area contributed by atoms with Gasteiger partial charge in [0.1, 0.15) is 11.4 Å². The van der Waals surface area contributed by atoms with E-state index in [1.165, 1.54) is 7.11 Å². The number of esters is 1. The number of rotatable bonds is 1. The van der Waals surface area contributed by atoms with Crippen molar-refractivity contribution in [1.82, 2.24) is 0 Å². The van der Waals surface area contributed by atoms with E-state index in [-0.39, 0.29) is 51.5 Å². The topological polar surface area (TPSA) is 73.0 Å². The highest BCUT2D eigenvalue weighted by molar-refractivity contribution is 5.92. The largest absolute Gasteiger partial charge is 0.469 e. The van der Waals surface area contributed by atoms with E-state index in [0.29, 0.717) is 37.4 Å². The summed E-state index contributed by atoms with van der Waals surface area (Å²) in [6.45, 7) is 4.67. The SMILES string of the molecule is COC(=O)[C@@H]1CC2=CC(=O)CCC2(C)[C@@]23O[C@@H]2CC2(C)C(CC[C@@]24CCC(=O)C4)C13. The third-order valence-corrected chi connectivity index (χ3v) is 10.8. The highest BCUT2D eigenvalue weighted by Gasteiger charge is 2.82. The van der Waals surface area contributed by atoms with Gasteiger partial charge in [0.15, 0.2) is 5.78 Å². The van der Waals surface area contributed by atoms with Gasteiger partial charge in [0.05, 0.1) is 19.1 Å². The highest BCUT2D eigenvalue weighted by atomic mass is 16.6. The van der Waals surface area contributed by atoms with Gasteiger partial charge in [-0.15, -0.1) is 0 Å². The van der Waals surface area contributed by atoms with Gasteiger partial charge in [-0.1, -0.05) is 19.4 Å². The van der Waals surface area contributed by atoms with Crippen molar-refractivity contribution in [2.45, 2.75) is 83.3 Å². The van der Waals surface area contributed by atoms with Gasteiger partial charge in [-0.05, 0) is 61.3 Å². The van der Waals surface area contributed by atoms with Crippen LogP contribution in [0.1, 0.15) is 71.6 Å². The number of carbonyl (C=O) groups excluding carboxylic acids is 3. The van der Waals surface area contributed by atoms with Crippen LogP contribution < -0.4 is 0 Å². The summed E-state index contributed by atoms with van der Waals surface area (Å²) in [5.41, 5.74) is 0.675. The second-order valence-electron chi connectivity index (χ2n) is 11.5. The van der Waals surface area contributed by atoms with Crippen LogP contribution in [-0.2, 0) is 23.9 Å². The van der Waals surface area contributed by atoms with Crippen molar-refractivity contribution >= 4 is 17.5 Å². The van der Waals surface area contributed by atoms with Crippen molar-refractivity contribution < 1.29 is 23.9 Å². The molecule has 5 aliphatic carbocycles. The van der Waals surface area contributed by atoms with E-state index in [2.05, 4.69) is 13.8 Å². The average molecular weight is 413 g/mol. The van der Waals surface area contributed by atoms with Gasteiger partial charge in [0.2, 0.25) is 0 Å². The Kier molecular flexibility index (Phi) is 3.62. The summed E-state index contributed by atoms with van der Waals surface area (Å²) < 4.78 is 12.0. The Balaban J connectivity index is 1.49. The lowest BCUT2D eigenvalue weighted by atomic mass is 9.42. The fraction of sp³-hybridized carbons (Fsp3) is 0.800. The smallest absolute Gasteiger partial charge is 0.309 e. The van der Waals surface area contributed by atoms with Crippen molar-refractivity contribution in [3.05, 3.63) is 11.6 Å². The van der Waals surface area contributed by atoms with E-state index in [1.807, 2.05) is 6.08 Å². The monoisotopic (exact) mass is 412 g/mol. The highest BCUT2D eigenvalue weighted by Crippen LogP contribution is 2.80. The summed E-state index contributed by atoms with van der Waals surface area (Å²) >= 11 is 0. The van der Waals surface area contributed by atoms with Crippen molar-refractivity contribution in [3.8, 4) is 0 Å². The van der Waals surface area contributed by atoms with Crippen LogP contribution in [-0.4, -0.2) is 36.4 Å². The molecule has 0 aromatic carbocycles. The minimum Gasteiger partial charge on any atom is -0.469 e. The lowest BCUT2D eigenvalue weighted by molar-refractivity contribution is -0.158. The predicted molar refractivity (Wildman–Crippen MR) is 108 cm³/mol. The van der Waals surface area contributed by atoms with Crippen LogP contribution in [0, 0.1) is 34.0 Å². The molecule has 0 radical (unpaired) electrons. The van der Waals surface area contributed by atoms with Crippen LogP contribution >= 0.6 is 0 Å². The molecule has 0 amide bonds. The molecule has 1 aliphatic heterocycles. The molecule has 8 atom stereocenters. The number of ether oxygens (including phenoxy) is 2. The van der Waals surface area contributed by atoms with E-state index in [1.54, 1.807) is 0 Å². The molecule has 1 saturated heterocycles. The molecule has 0 aromatic rings. The van der Waals surface area contributed by atoms with Gasteiger partial charge in [0, 0.05) is 30.6 Å². The Labute approximate surface area is 177 Å².